The lowest BCUT2D eigenvalue weighted by atomic mass is 10.2. The molecule has 1 amide bonds. The minimum Gasteiger partial charge on any atom is -0.395 e. The summed E-state index contributed by atoms with van der Waals surface area (Å²) in [6, 6.07) is 9.96. The van der Waals surface area contributed by atoms with Crippen LogP contribution in [0.2, 0.25) is 0 Å². The van der Waals surface area contributed by atoms with Crippen LogP contribution in [0.25, 0.3) is 11.0 Å². The number of hydrogen-bond donors (Lipinski definition) is 1. The lowest BCUT2D eigenvalue weighted by molar-refractivity contribution is -0.402. The lowest BCUT2D eigenvalue weighted by Crippen LogP contribution is -2.28. The molecule has 1 atom stereocenters. The molecule has 130 valence electrons. The van der Waals surface area contributed by atoms with Crippen LogP contribution in [-0.4, -0.2) is 20.4 Å². The fraction of sp³-hybridized carbons (Fsp3) is 0.294. The molecule has 2 aromatic heterocycles. The number of furan rings is 1. The maximum Gasteiger partial charge on any atom is 0.433 e. The Labute approximate surface area is 143 Å². The van der Waals surface area contributed by atoms with Crippen molar-refractivity contribution in [2.75, 3.05) is 0 Å². The Morgan fingerprint density at radius 3 is 2.60 bits per heavy atom. The Balaban J connectivity index is 1.89. The molecular formula is C17H18N4O4. The first-order chi connectivity index (χ1) is 11.9. The molecule has 0 unspecified atom stereocenters. The largest absolute Gasteiger partial charge is 0.433 e. The Morgan fingerprint density at radius 1 is 1.24 bits per heavy atom. The minimum atomic E-state index is -0.682. The summed E-state index contributed by atoms with van der Waals surface area (Å²) in [5, 5.41) is 13.4. The van der Waals surface area contributed by atoms with Gasteiger partial charge in [0.2, 0.25) is 0 Å². The second-order valence-electron chi connectivity index (χ2n) is 6.01. The maximum atomic E-state index is 12.3. The Hall–Kier alpha value is -3.16. The number of carbonyl (C=O) groups is 1. The average molecular weight is 342 g/mol. The fourth-order valence-electron chi connectivity index (χ4n) is 2.79. The average Bonchev–Trinajstić information content (AvgIpc) is 3.19. The summed E-state index contributed by atoms with van der Waals surface area (Å²) in [4.78, 5) is 26.9. The van der Waals surface area contributed by atoms with E-state index in [1.165, 1.54) is 6.07 Å². The van der Waals surface area contributed by atoms with Crippen molar-refractivity contribution in [3.05, 3.63) is 58.1 Å². The summed E-state index contributed by atoms with van der Waals surface area (Å²) in [6.45, 7) is 5.90. The van der Waals surface area contributed by atoms with Gasteiger partial charge in [-0.25, -0.2) is 4.98 Å². The van der Waals surface area contributed by atoms with Crippen molar-refractivity contribution < 1.29 is 14.1 Å². The van der Waals surface area contributed by atoms with E-state index >= 15 is 0 Å². The van der Waals surface area contributed by atoms with Gasteiger partial charge in [-0.1, -0.05) is 12.1 Å². The SMILES string of the molecule is CC(C)n1c([C@@H](C)NC(=O)c2ccc([N+](=O)[O-])o2)nc2ccccc21. The third kappa shape index (κ3) is 3.10. The lowest BCUT2D eigenvalue weighted by Gasteiger charge is -2.18. The van der Waals surface area contributed by atoms with Gasteiger partial charge in [-0.3, -0.25) is 14.9 Å². The van der Waals surface area contributed by atoms with E-state index in [9.17, 15) is 14.9 Å². The van der Waals surface area contributed by atoms with Crippen LogP contribution >= 0.6 is 0 Å². The molecular weight excluding hydrogens is 324 g/mol. The summed E-state index contributed by atoms with van der Waals surface area (Å²) in [7, 11) is 0. The van der Waals surface area contributed by atoms with Gasteiger partial charge in [0.15, 0.2) is 5.76 Å². The number of nitrogens with zero attached hydrogens (tertiary/aromatic N) is 3. The Kier molecular flexibility index (Phi) is 4.26. The molecule has 0 bridgehead atoms. The smallest absolute Gasteiger partial charge is 0.395 e. The second kappa shape index (κ2) is 6.39. The molecule has 0 aliphatic carbocycles. The summed E-state index contributed by atoms with van der Waals surface area (Å²) >= 11 is 0. The number of carbonyl (C=O) groups excluding carboxylic acids is 1. The van der Waals surface area contributed by atoms with Crippen molar-refractivity contribution in [1.29, 1.82) is 0 Å². The molecule has 8 nitrogen and oxygen atoms in total. The van der Waals surface area contributed by atoms with Crippen LogP contribution in [0.1, 0.15) is 49.2 Å². The molecule has 8 heteroatoms. The highest BCUT2D eigenvalue weighted by atomic mass is 16.6. The number of rotatable bonds is 5. The van der Waals surface area contributed by atoms with E-state index in [1.54, 1.807) is 0 Å². The highest BCUT2D eigenvalue weighted by molar-refractivity contribution is 5.92. The molecule has 0 saturated heterocycles. The van der Waals surface area contributed by atoms with Crippen LogP contribution in [0.15, 0.2) is 40.8 Å². The summed E-state index contributed by atoms with van der Waals surface area (Å²) < 4.78 is 7.00. The van der Waals surface area contributed by atoms with Gasteiger partial charge < -0.3 is 14.3 Å². The molecule has 0 aliphatic heterocycles. The highest BCUT2D eigenvalue weighted by Crippen LogP contribution is 2.25. The summed E-state index contributed by atoms with van der Waals surface area (Å²) in [5.41, 5.74) is 1.84. The number of amides is 1. The van der Waals surface area contributed by atoms with E-state index in [1.807, 2.05) is 45.0 Å². The van der Waals surface area contributed by atoms with Gasteiger partial charge in [0, 0.05) is 6.04 Å². The molecule has 2 heterocycles. The number of nitro groups is 1. The maximum absolute atomic E-state index is 12.3. The molecule has 1 aromatic carbocycles. The Morgan fingerprint density at radius 2 is 1.96 bits per heavy atom. The predicted molar refractivity (Wildman–Crippen MR) is 91.4 cm³/mol. The van der Waals surface area contributed by atoms with Crippen molar-refractivity contribution in [3.8, 4) is 0 Å². The number of fused-ring (bicyclic) bond motifs is 1. The van der Waals surface area contributed by atoms with Gasteiger partial charge in [-0.05, 0) is 39.0 Å². The van der Waals surface area contributed by atoms with Gasteiger partial charge >= 0.3 is 5.88 Å². The van der Waals surface area contributed by atoms with Crippen molar-refractivity contribution in [2.45, 2.75) is 32.9 Å². The number of benzene rings is 1. The normalized spacial score (nSPS) is 12.5. The molecule has 3 rings (SSSR count). The molecule has 3 aromatic rings. The van der Waals surface area contributed by atoms with Crippen molar-refractivity contribution in [3.63, 3.8) is 0 Å². The van der Waals surface area contributed by atoms with Crippen molar-refractivity contribution >= 4 is 22.8 Å². The number of nitrogens with one attached hydrogen (secondary N) is 1. The van der Waals surface area contributed by atoms with Crippen LogP contribution in [0.4, 0.5) is 5.88 Å². The van der Waals surface area contributed by atoms with Crippen molar-refractivity contribution in [2.24, 2.45) is 0 Å². The van der Waals surface area contributed by atoms with Crippen LogP contribution in [0.5, 0.6) is 0 Å². The third-order valence-electron chi connectivity index (χ3n) is 3.87. The molecule has 1 N–H and O–H groups in total. The van der Waals surface area contributed by atoms with Crippen LogP contribution in [0, 0.1) is 10.1 Å². The quantitative estimate of drug-likeness (QED) is 0.563. The molecule has 0 spiro atoms. The molecule has 0 radical (unpaired) electrons. The number of para-hydroxylation sites is 2. The molecule has 25 heavy (non-hydrogen) atoms. The standard InChI is InChI=1S/C17H18N4O4/c1-10(2)20-13-7-5-4-6-12(13)19-16(20)11(3)18-17(22)14-8-9-15(25-14)21(23)24/h4-11H,1-3H3,(H,18,22)/t11-/m1/s1. The van der Waals surface area contributed by atoms with E-state index in [4.69, 9.17) is 4.42 Å². The van der Waals surface area contributed by atoms with E-state index in [0.29, 0.717) is 5.82 Å². The topological polar surface area (TPSA) is 103 Å². The zero-order chi connectivity index (χ0) is 18.1. The molecule has 0 saturated carbocycles. The number of aromatic nitrogens is 2. The first-order valence-electron chi connectivity index (χ1n) is 7.90. The van der Waals surface area contributed by atoms with Crippen molar-refractivity contribution in [1.82, 2.24) is 14.9 Å². The summed E-state index contributed by atoms with van der Waals surface area (Å²) in [6.07, 6.45) is 0. The van der Waals surface area contributed by atoms with Gasteiger partial charge in [0.05, 0.1) is 23.1 Å². The Bertz CT molecular complexity index is 941. The van der Waals surface area contributed by atoms with Gasteiger partial charge in [-0.15, -0.1) is 0 Å². The van der Waals surface area contributed by atoms with Gasteiger partial charge in [0.25, 0.3) is 5.91 Å². The zero-order valence-corrected chi connectivity index (χ0v) is 14.1. The van der Waals surface area contributed by atoms with E-state index < -0.39 is 22.8 Å². The molecule has 0 fully saturated rings. The predicted octanol–water partition coefficient (Wildman–Crippen LogP) is 3.61. The highest BCUT2D eigenvalue weighted by Gasteiger charge is 2.23. The van der Waals surface area contributed by atoms with Crippen LogP contribution < -0.4 is 5.32 Å². The molecule has 0 aliphatic rings. The van der Waals surface area contributed by atoms with Gasteiger partial charge in [0.1, 0.15) is 10.7 Å². The third-order valence-corrected chi connectivity index (χ3v) is 3.87. The fourth-order valence-corrected chi connectivity index (χ4v) is 2.79. The van der Waals surface area contributed by atoms with Crippen LogP contribution in [0.3, 0.4) is 0 Å². The first kappa shape index (κ1) is 16.7. The second-order valence-corrected chi connectivity index (χ2v) is 6.01. The van der Waals surface area contributed by atoms with Crippen LogP contribution in [-0.2, 0) is 0 Å². The van der Waals surface area contributed by atoms with Gasteiger partial charge in [-0.2, -0.15) is 0 Å². The monoisotopic (exact) mass is 342 g/mol. The number of hydrogen-bond acceptors (Lipinski definition) is 5. The zero-order valence-electron chi connectivity index (χ0n) is 14.1. The number of imidazole rings is 1. The summed E-state index contributed by atoms with van der Waals surface area (Å²) in [5.74, 6) is -0.383. The van der Waals surface area contributed by atoms with E-state index in [-0.39, 0.29) is 11.8 Å². The minimum absolute atomic E-state index is 0.106. The van der Waals surface area contributed by atoms with E-state index in [0.717, 1.165) is 17.1 Å². The first-order valence-corrected chi connectivity index (χ1v) is 7.90. The van der Waals surface area contributed by atoms with E-state index in [2.05, 4.69) is 14.9 Å².